The average molecular weight is 267 g/mol. The molecule has 0 aliphatic carbocycles. The van der Waals surface area contributed by atoms with Crippen LogP contribution in [0.4, 0.5) is 0 Å². The molecule has 0 fully saturated rings. The molecule has 17 heavy (non-hydrogen) atoms. The predicted molar refractivity (Wildman–Crippen MR) is 73.4 cm³/mol. The molecule has 1 unspecified atom stereocenters. The molecule has 0 aliphatic heterocycles. The summed E-state index contributed by atoms with van der Waals surface area (Å²) in [5.41, 5.74) is 5.84. The Balaban J connectivity index is 0. The molecule has 5 heteroatoms. The van der Waals surface area contributed by atoms with Crippen molar-refractivity contribution in [2.24, 2.45) is 11.7 Å². The third-order valence-corrected chi connectivity index (χ3v) is 2.38. The predicted octanol–water partition coefficient (Wildman–Crippen LogP) is 1.67. The molecule has 0 aromatic heterocycles. The van der Waals surface area contributed by atoms with E-state index < -0.39 is 0 Å². The zero-order chi connectivity index (χ0) is 12.6. The zero-order valence-corrected chi connectivity index (χ0v) is 12.3. The van der Waals surface area contributed by atoms with E-state index in [2.05, 4.69) is 13.8 Å². The van der Waals surface area contributed by atoms with Gasteiger partial charge >= 0.3 is 0 Å². The first kappa shape index (κ1) is 19.0. The van der Waals surface area contributed by atoms with E-state index in [1.54, 1.807) is 7.11 Å². The van der Waals surface area contributed by atoms with Crippen molar-refractivity contribution in [1.29, 1.82) is 0 Å². The number of halogens is 1. The van der Waals surface area contributed by atoms with Gasteiger partial charge in [-0.2, -0.15) is 0 Å². The van der Waals surface area contributed by atoms with Crippen molar-refractivity contribution in [3.63, 3.8) is 0 Å². The number of amides is 1. The Morgan fingerprint density at radius 3 is 2.41 bits per heavy atom. The van der Waals surface area contributed by atoms with Crippen molar-refractivity contribution >= 4 is 18.3 Å². The lowest BCUT2D eigenvalue weighted by molar-refractivity contribution is -0.134. The van der Waals surface area contributed by atoms with Gasteiger partial charge in [0.05, 0.1) is 12.6 Å². The van der Waals surface area contributed by atoms with Gasteiger partial charge < -0.3 is 15.4 Å². The number of nitrogens with zero attached hydrogens (tertiary/aromatic N) is 1. The number of rotatable bonds is 8. The van der Waals surface area contributed by atoms with Crippen LogP contribution < -0.4 is 5.73 Å². The number of hydrogen-bond donors (Lipinski definition) is 1. The Hall–Kier alpha value is -0.320. The van der Waals surface area contributed by atoms with Crippen molar-refractivity contribution in [1.82, 2.24) is 4.90 Å². The van der Waals surface area contributed by atoms with Crippen molar-refractivity contribution in [2.45, 2.75) is 39.7 Å². The van der Waals surface area contributed by atoms with Gasteiger partial charge in [0.2, 0.25) is 5.91 Å². The minimum absolute atomic E-state index is 0. The van der Waals surface area contributed by atoms with E-state index in [1.165, 1.54) is 0 Å². The molecule has 0 spiro atoms. The molecule has 0 aromatic rings. The molecule has 0 bridgehead atoms. The Morgan fingerprint density at radius 2 is 2.00 bits per heavy atom. The maximum absolute atomic E-state index is 12.0. The van der Waals surface area contributed by atoms with E-state index in [1.807, 2.05) is 11.8 Å². The highest BCUT2D eigenvalue weighted by Gasteiger charge is 2.20. The Morgan fingerprint density at radius 1 is 1.41 bits per heavy atom. The van der Waals surface area contributed by atoms with E-state index in [0.29, 0.717) is 19.1 Å². The first-order valence-corrected chi connectivity index (χ1v) is 6.06. The molecule has 4 nitrogen and oxygen atoms in total. The summed E-state index contributed by atoms with van der Waals surface area (Å²) < 4.78 is 5.01. The average Bonchev–Trinajstić information content (AvgIpc) is 2.23. The van der Waals surface area contributed by atoms with Crippen molar-refractivity contribution < 1.29 is 9.53 Å². The fraction of sp³-hybridized carbons (Fsp3) is 0.917. The zero-order valence-electron chi connectivity index (χ0n) is 11.4. The summed E-state index contributed by atoms with van der Waals surface area (Å²) in [5, 5.41) is 0. The van der Waals surface area contributed by atoms with E-state index >= 15 is 0 Å². The van der Waals surface area contributed by atoms with Gasteiger partial charge in [0.15, 0.2) is 0 Å². The number of carbonyl (C=O) groups is 1. The van der Waals surface area contributed by atoms with Crippen LogP contribution in [0.1, 0.15) is 33.6 Å². The molecule has 104 valence electrons. The maximum Gasteiger partial charge on any atom is 0.239 e. The second-order valence-corrected chi connectivity index (χ2v) is 4.57. The molecule has 0 saturated heterocycles. The lowest BCUT2D eigenvalue weighted by Crippen LogP contribution is -2.46. The van der Waals surface area contributed by atoms with Gasteiger partial charge in [-0.05, 0) is 12.3 Å². The molecular weight excluding hydrogens is 240 g/mol. The highest BCUT2D eigenvalue weighted by molar-refractivity contribution is 5.85. The first-order valence-electron chi connectivity index (χ1n) is 6.06. The summed E-state index contributed by atoms with van der Waals surface area (Å²) in [6.45, 7) is 8.17. The van der Waals surface area contributed by atoms with Crippen molar-refractivity contribution in [2.75, 3.05) is 26.8 Å². The summed E-state index contributed by atoms with van der Waals surface area (Å²) in [7, 11) is 1.64. The van der Waals surface area contributed by atoms with Gasteiger partial charge in [0.1, 0.15) is 0 Å². The largest absolute Gasteiger partial charge is 0.383 e. The van der Waals surface area contributed by atoms with Crippen LogP contribution in [0.15, 0.2) is 0 Å². The van der Waals surface area contributed by atoms with Crippen LogP contribution in [-0.4, -0.2) is 43.7 Å². The normalized spacial score (nSPS) is 12.1. The molecule has 2 N–H and O–H groups in total. The molecule has 0 aromatic carbocycles. The van der Waals surface area contributed by atoms with Gasteiger partial charge in [-0.1, -0.05) is 27.2 Å². The minimum Gasteiger partial charge on any atom is -0.383 e. The number of ether oxygens (including phenoxy) is 1. The van der Waals surface area contributed by atoms with Gasteiger partial charge in [0, 0.05) is 20.2 Å². The third-order valence-electron chi connectivity index (χ3n) is 2.38. The van der Waals surface area contributed by atoms with Crippen molar-refractivity contribution in [3.05, 3.63) is 0 Å². The molecular formula is C12H27ClN2O2. The summed E-state index contributed by atoms with van der Waals surface area (Å²) in [6.07, 6.45) is 1.69. The molecule has 1 atom stereocenters. The fourth-order valence-electron chi connectivity index (χ4n) is 1.60. The van der Waals surface area contributed by atoms with E-state index in [9.17, 15) is 4.79 Å². The standard InChI is InChI=1S/C12H26N2O2.ClH/c1-5-6-11(13)12(15)14(7-8-16-4)9-10(2)3;/h10-11H,5-9,13H2,1-4H3;1H. The minimum atomic E-state index is -0.361. The second-order valence-electron chi connectivity index (χ2n) is 4.57. The Kier molecular flexibility index (Phi) is 12.1. The SMILES string of the molecule is CCCC(N)C(=O)N(CCOC)CC(C)C.Cl. The van der Waals surface area contributed by atoms with Gasteiger partial charge in [0.25, 0.3) is 0 Å². The lowest BCUT2D eigenvalue weighted by Gasteiger charge is -2.27. The van der Waals surface area contributed by atoms with Crippen LogP contribution in [0.2, 0.25) is 0 Å². The van der Waals surface area contributed by atoms with Crippen LogP contribution in [0.25, 0.3) is 0 Å². The molecule has 0 rings (SSSR count). The highest BCUT2D eigenvalue weighted by atomic mass is 35.5. The van der Waals surface area contributed by atoms with Gasteiger partial charge in [-0.3, -0.25) is 4.79 Å². The third kappa shape index (κ3) is 8.41. The van der Waals surface area contributed by atoms with E-state index in [4.69, 9.17) is 10.5 Å². The molecule has 0 radical (unpaired) electrons. The number of carbonyl (C=O) groups excluding carboxylic acids is 1. The van der Waals surface area contributed by atoms with Crippen LogP contribution >= 0.6 is 12.4 Å². The van der Waals surface area contributed by atoms with Crippen LogP contribution in [0.5, 0.6) is 0 Å². The number of methoxy groups -OCH3 is 1. The smallest absolute Gasteiger partial charge is 0.239 e. The summed E-state index contributed by atoms with van der Waals surface area (Å²) in [4.78, 5) is 13.8. The van der Waals surface area contributed by atoms with E-state index in [0.717, 1.165) is 19.4 Å². The summed E-state index contributed by atoms with van der Waals surface area (Å²) in [6, 6.07) is -0.361. The lowest BCUT2D eigenvalue weighted by atomic mass is 10.1. The number of hydrogen-bond acceptors (Lipinski definition) is 3. The van der Waals surface area contributed by atoms with Crippen LogP contribution in [0, 0.1) is 5.92 Å². The summed E-state index contributed by atoms with van der Waals surface area (Å²) in [5.74, 6) is 0.502. The fourth-order valence-corrected chi connectivity index (χ4v) is 1.60. The highest BCUT2D eigenvalue weighted by Crippen LogP contribution is 2.04. The van der Waals surface area contributed by atoms with Crippen LogP contribution in [-0.2, 0) is 9.53 Å². The molecule has 0 heterocycles. The van der Waals surface area contributed by atoms with Crippen LogP contribution in [0.3, 0.4) is 0 Å². The second kappa shape index (κ2) is 10.8. The monoisotopic (exact) mass is 266 g/mol. The number of nitrogens with two attached hydrogens (primary N) is 1. The maximum atomic E-state index is 12.0. The molecule has 0 saturated carbocycles. The van der Waals surface area contributed by atoms with Gasteiger partial charge in [-0.25, -0.2) is 0 Å². The topological polar surface area (TPSA) is 55.6 Å². The van der Waals surface area contributed by atoms with E-state index in [-0.39, 0.29) is 24.4 Å². The Labute approximate surface area is 111 Å². The molecule has 1 amide bonds. The molecule has 0 aliphatic rings. The first-order chi connectivity index (χ1) is 7.52. The van der Waals surface area contributed by atoms with Gasteiger partial charge in [-0.15, -0.1) is 12.4 Å². The quantitative estimate of drug-likeness (QED) is 0.727. The van der Waals surface area contributed by atoms with Crippen molar-refractivity contribution in [3.8, 4) is 0 Å². The Bertz CT molecular complexity index is 201. The summed E-state index contributed by atoms with van der Waals surface area (Å²) >= 11 is 0.